The van der Waals surface area contributed by atoms with Crippen LogP contribution in [-0.2, 0) is 4.79 Å². The van der Waals surface area contributed by atoms with E-state index in [-0.39, 0.29) is 0 Å². The predicted molar refractivity (Wildman–Crippen MR) is 75.8 cm³/mol. The smallest absolute Gasteiger partial charge is 0.325 e. The Labute approximate surface area is 116 Å². The van der Waals surface area contributed by atoms with Crippen LogP contribution in [0, 0.1) is 6.92 Å². The highest BCUT2D eigenvalue weighted by atomic mass is 79.9. The molecule has 0 bridgehead atoms. The molecule has 1 atom stereocenters. The number of hydrogen-bond donors (Lipinski definition) is 2. The number of aliphatic carboxylic acids is 1. The van der Waals surface area contributed by atoms with Gasteiger partial charge >= 0.3 is 5.97 Å². The van der Waals surface area contributed by atoms with Crippen molar-refractivity contribution in [1.82, 2.24) is 10.2 Å². The summed E-state index contributed by atoms with van der Waals surface area (Å²) in [6, 6.07) is 4.96. The Bertz CT molecular complexity index is 421. The molecule has 1 rings (SSSR count). The summed E-state index contributed by atoms with van der Waals surface area (Å²) in [5.41, 5.74) is 1.86. The van der Waals surface area contributed by atoms with Gasteiger partial charge in [-0.05, 0) is 38.2 Å². The summed E-state index contributed by atoms with van der Waals surface area (Å²) in [7, 11) is 3.92. The van der Waals surface area contributed by atoms with Crippen molar-refractivity contribution in [2.75, 3.05) is 27.2 Å². The van der Waals surface area contributed by atoms with E-state index in [4.69, 9.17) is 0 Å². The van der Waals surface area contributed by atoms with Gasteiger partial charge in [0.2, 0.25) is 0 Å². The number of carboxylic acid groups (broad SMARTS) is 1. The molecule has 1 aromatic carbocycles. The molecule has 18 heavy (non-hydrogen) atoms. The summed E-state index contributed by atoms with van der Waals surface area (Å²) >= 11 is 3.43. The molecule has 0 radical (unpaired) electrons. The molecule has 4 nitrogen and oxygen atoms in total. The molecule has 0 saturated heterocycles. The van der Waals surface area contributed by atoms with Crippen molar-refractivity contribution in [3.8, 4) is 0 Å². The Morgan fingerprint density at radius 3 is 2.67 bits per heavy atom. The van der Waals surface area contributed by atoms with E-state index >= 15 is 0 Å². The first kappa shape index (κ1) is 15.1. The van der Waals surface area contributed by atoms with Gasteiger partial charge in [0.15, 0.2) is 0 Å². The third-order valence-electron chi connectivity index (χ3n) is 2.68. The second-order valence-electron chi connectivity index (χ2n) is 4.54. The van der Waals surface area contributed by atoms with Gasteiger partial charge in [-0.15, -0.1) is 0 Å². The van der Waals surface area contributed by atoms with Crippen LogP contribution in [0.4, 0.5) is 0 Å². The standard InChI is InChI=1S/C13H19BrN2O2/c1-9-4-5-10(8-11(9)14)12(13(17)18)15-6-7-16(2)3/h4-5,8,12,15H,6-7H2,1-3H3,(H,17,18). The van der Waals surface area contributed by atoms with Crippen LogP contribution in [0.5, 0.6) is 0 Å². The predicted octanol–water partition coefficient (Wildman–Crippen LogP) is 2.03. The van der Waals surface area contributed by atoms with Crippen LogP contribution in [0.3, 0.4) is 0 Å². The summed E-state index contributed by atoms with van der Waals surface area (Å²) in [5.74, 6) is -0.857. The van der Waals surface area contributed by atoms with E-state index < -0.39 is 12.0 Å². The van der Waals surface area contributed by atoms with Crippen LogP contribution in [-0.4, -0.2) is 43.2 Å². The van der Waals surface area contributed by atoms with Gasteiger partial charge in [0.25, 0.3) is 0 Å². The minimum Gasteiger partial charge on any atom is -0.480 e. The van der Waals surface area contributed by atoms with E-state index in [0.29, 0.717) is 6.54 Å². The maximum Gasteiger partial charge on any atom is 0.325 e. The van der Waals surface area contributed by atoms with Crippen LogP contribution in [0.2, 0.25) is 0 Å². The summed E-state index contributed by atoms with van der Waals surface area (Å²) in [6.45, 7) is 3.41. The summed E-state index contributed by atoms with van der Waals surface area (Å²) in [6.07, 6.45) is 0. The maximum atomic E-state index is 11.3. The van der Waals surface area contributed by atoms with Crippen molar-refractivity contribution in [3.63, 3.8) is 0 Å². The molecule has 1 aromatic rings. The van der Waals surface area contributed by atoms with Crippen LogP contribution >= 0.6 is 15.9 Å². The summed E-state index contributed by atoms with van der Waals surface area (Å²) < 4.78 is 0.931. The van der Waals surface area contributed by atoms with E-state index in [1.165, 1.54) is 0 Å². The van der Waals surface area contributed by atoms with Crippen molar-refractivity contribution >= 4 is 21.9 Å². The van der Waals surface area contributed by atoms with Crippen LogP contribution in [0.1, 0.15) is 17.2 Å². The van der Waals surface area contributed by atoms with Gasteiger partial charge in [-0.2, -0.15) is 0 Å². The fraction of sp³-hybridized carbons (Fsp3) is 0.462. The Kier molecular flexibility index (Phi) is 5.78. The van der Waals surface area contributed by atoms with Gasteiger partial charge in [0.1, 0.15) is 6.04 Å². The lowest BCUT2D eigenvalue weighted by molar-refractivity contribution is -0.139. The SMILES string of the molecule is Cc1ccc(C(NCCN(C)C)C(=O)O)cc1Br. The minimum absolute atomic E-state index is 0.634. The molecular weight excluding hydrogens is 296 g/mol. The van der Waals surface area contributed by atoms with Gasteiger partial charge < -0.3 is 10.0 Å². The molecule has 0 spiro atoms. The molecule has 0 fully saturated rings. The fourth-order valence-electron chi connectivity index (χ4n) is 1.57. The minimum atomic E-state index is -0.857. The van der Waals surface area contributed by atoms with E-state index in [1.54, 1.807) is 0 Å². The first-order valence-electron chi connectivity index (χ1n) is 5.78. The highest BCUT2D eigenvalue weighted by Gasteiger charge is 2.19. The van der Waals surface area contributed by atoms with Crippen LogP contribution < -0.4 is 5.32 Å². The van der Waals surface area contributed by atoms with Gasteiger partial charge in [-0.3, -0.25) is 10.1 Å². The normalized spacial score (nSPS) is 12.7. The van der Waals surface area contributed by atoms with Crippen molar-refractivity contribution in [2.24, 2.45) is 0 Å². The number of carbonyl (C=O) groups is 1. The molecule has 5 heteroatoms. The third kappa shape index (κ3) is 4.40. The number of hydrogen-bond acceptors (Lipinski definition) is 3. The number of rotatable bonds is 6. The average Bonchev–Trinajstić information content (AvgIpc) is 2.27. The number of carboxylic acids is 1. The molecule has 0 aliphatic carbocycles. The highest BCUT2D eigenvalue weighted by molar-refractivity contribution is 9.10. The molecule has 0 aromatic heterocycles. The number of nitrogens with zero attached hydrogens (tertiary/aromatic N) is 1. The summed E-state index contributed by atoms with van der Waals surface area (Å²) in [4.78, 5) is 13.3. The molecule has 0 amide bonds. The maximum absolute atomic E-state index is 11.3. The third-order valence-corrected chi connectivity index (χ3v) is 3.54. The van der Waals surface area contributed by atoms with E-state index in [0.717, 1.165) is 22.1 Å². The number of nitrogens with one attached hydrogen (secondary N) is 1. The number of aryl methyl sites for hydroxylation is 1. The average molecular weight is 315 g/mol. The Morgan fingerprint density at radius 2 is 2.17 bits per heavy atom. The van der Waals surface area contributed by atoms with Gasteiger partial charge in [-0.1, -0.05) is 28.1 Å². The Morgan fingerprint density at radius 1 is 1.50 bits per heavy atom. The van der Waals surface area contributed by atoms with E-state index in [1.807, 2.05) is 44.1 Å². The van der Waals surface area contributed by atoms with Crippen molar-refractivity contribution in [1.29, 1.82) is 0 Å². The first-order valence-corrected chi connectivity index (χ1v) is 6.58. The van der Waals surface area contributed by atoms with E-state index in [2.05, 4.69) is 21.2 Å². The van der Waals surface area contributed by atoms with Crippen molar-refractivity contribution in [3.05, 3.63) is 33.8 Å². The second-order valence-corrected chi connectivity index (χ2v) is 5.39. The zero-order valence-electron chi connectivity index (χ0n) is 10.9. The number of likely N-dealkylation sites (N-methyl/N-ethyl adjacent to an activating group) is 1. The van der Waals surface area contributed by atoms with Gasteiger partial charge in [0.05, 0.1) is 0 Å². The zero-order chi connectivity index (χ0) is 13.7. The topological polar surface area (TPSA) is 52.6 Å². The fourth-order valence-corrected chi connectivity index (χ4v) is 1.97. The molecule has 0 heterocycles. The molecule has 0 aliphatic heterocycles. The first-order chi connectivity index (χ1) is 8.41. The highest BCUT2D eigenvalue weighted by Crippen LogP contribution is 2.22. The quantitative estimate of drug-likeness (QED) is 0.843. The molecule has 1 unspecified atom stereocenters. The summed E-state index contributed by atoms with van der Waals surface area (Å²) in [5, 5.41) is 12.3. The van der Waals surface area contributed by atoms with E-state index in [9.17, 15) is 9.90 Å². The molecule has 2 N–H and O–H groups in total. The monoisotopic (exact) mass is 314 g/mol. The van der Waals surface area contributed by atoms with Crippen molar-refractivity contribution < 1.29 is 9.90 Å². The molecule has 0 saturated carbocycles. The van der Waals surface area contributed by atoms with Crippen molar-refractivity contribution in [2.45, 2.75) is 13.0 Å². The largest absolute Gasteiger partial charge is 0.480 e. The van der Waals surface area contributed by atoms with Gasteiger partial charge in [-0.25, -0.2) is 0 Å². The lowest BCUT2D eigenvalue weighted by atomic mass is 10.1. The molecular formula is C13H19BrN2O2. The molecule has 100 valence electrons. The number of benzene rings is 1. The Balaban J connectivity index is 2.78. The van der Waals surface area contributed by atoms with Gasteiger partial charge in [0, 0.05) is 17.6 Å². The second kappa shape index (κ2) is 6.87. The lowest BCUT2D eigenvalue weighted by Gasteiger charge is -2.17. The lowest BCUT2D eigenvalue weighted by Crippen LogP contribution is -2.33. The Hall–Kier alpha value is -0.910. The number of halogens is 1. The zero-order valence-corrected chi connectivity index (χ0v) is 12.5. The van der Waals surface area contributed by atoms with Crippen LogP contribution in [0.15, 0.2) is 22.7 Å². The molecule has 0 aliphatic rings. The van der Waals surface area contributed by atoms with Crippen LogP contribution in [0.25, 0.3) is 0 Å².